The number of aliphatic carboxylic acids is 1. The fourth-order valence-electron chi connectivity index (χ4n) is 9.73. The summed E-state index contributed by atoms with van der Waals surface area (Å²) in [6.07, 6.45) is -1.89. The molecular formula is C64H78N14O14S2. The van der Waals surface area contributed by atoms with Crippen LogP contribution >= 0.6 is 21.6 Å². The zero-order chi connectivity index (χ0) is 68.3. The Balaban J connectivity index is 1.45. The van der Waals surface area contributed by atoms with Crippen molar-refractivity contribution in [2.75, 3.05) is 18.1 Å². The molecular weight excluding hydrogens is 1250 g/mol. The summed E-state index contributed by atoms with van der Waals surface area (Å²) in [5.74, 6) is -12.4. The first kappa shape index (κ1) is 72.9. The van der Waals surface area contributed by atoms with Crippen LogP contribution in [0.1, 0.15) is 54.0 Å². The van der Waals surface area contributed by atoms with Gasteiger partial charge in [-0.1, -0.05) is 137 Å². The van der Waals surface area contributed by atoms with Crippen LogP contribution in [0.4, 0.5) is 0 Å². The van der Waals surface area contributed by atoms with Crippen molar-refractivity contribution in [1.29, 1.82) is 5.41 Å². The summed E-state index contributed by atoms with van der Waals surface area (Å²) in [6, 6.07) is 21.3. The smallest absolute Gasteiger partial charge is 0.326 e. The van der Waals surface area contributed by atoms with E-state index in [-0.39, 0.29) is 74.5 Å². The Bertz CT molecular complexity index is 3430. The zero-order valence-corrected chi connectivity index (χ0v) is 52.8. The molecule has 20 N–H and O–H groups in total. The first-order chi connectivity index (χ1) is 44.9. The number of guanidine groups is 1. The van der Waals surface area contributed by atoms with Crippen LogP contribution in [-0.2, 0) is 84.8 Å². The summed E-state index contributed by atoms with van der Waals surface area (Å²) < 4.78 is 0. The molecule has 1 fully saturated rings. The van der Waals surface area contributed by atoms with E-state index in [1.165, 1.54) is 55.5 Å². The van der Waals surface area contributed by atoms with E-state index in [0.29, 0.717) is 27.8 Å². The molecule has 6 rings (SSSR count). The zero-order valence-electron chi connectivity index (χ0n) is 51.2. The van der Waals surface area contributed by atoms with Crippen molar-refractivity contribution < 1.29 is 68.1 Å². The number of aromatic hydroxyl groups is 2. The van der Waals surface area contributed by atoms with Crippen molar-refractivity contribution in [2.24, 2.45) is 17.2 Å². The van der Waals surface area contributed by atoms with E-state index < -0.39 is 138 Å². The van der Waals surface area contributed by atoms with E-state index in [0.717, 1.165) is 21.6 Å². The lowest BCUT2D eigenvalue weighted by Crippen LogP contribution is -2.61. The fraction of sp³-hybridized carbons (Fsp3) is 0.344. The molecule has 94 heavy (non-hydrogen) atoms. The minimum Gasteiger partial charge on any atom is -0.508 e. The number of phenols is 2. The van der Waals surface area contributed by atoms with E-state index in [9.17, 15) is 63.3 Å². The van der Waals surface area contributed by atoms with Crippen molar-refractivity contribution in [3.63, 3.8) is 0 Å². The van der Waals surface area contributed by atoms with Crippen LogP contribution in [0.15, 0.2) is 140 Å². The molecule has 0 bridgehead atoms. The Labute approximate surface area is 549 Å². The number of rotatable bonds is 22. The highest BCUT2D eigenvalue weighted by Crippen LogP contribution is 2.25. The molecule has 1 aliphatic heterocycles. The van der Waals surface area contributed by atoms with E-state index in [1.807, 2.05) is 0 Å². The Hall–Kier alpha value is -10.2. The molecule has 30 heteroatoms. The Morgan fingerprint density at radius 1 is 0.521 bits per heavy atom. The number of benzene rings is 5. The second kappa shape index (κ2) is 36.7. The second-order valence-electron chi connectivity index (χ2n) is 22.2. The number of amides is 10. The molecule has 10 amide bonds. The molecule has 0 saturated carbocycles. The first-order valence-corrected chi connectivity index (χ1v) is 32.4. The largest absolute Gasteiger partial charge is 0.508 e. The van der Waals surface area contributed by atoms with Crippen LogP contribution in [0, 0.1) is 5.41 Å². The molecule has 28 nitrogen and oxygen atoms in total. The van der Waals surface area contributed by atoms with E-state index in [2.05, 4.69) is 53.2 Å². The third-order valence-corrected chi connectivity index (χ3v) is 17.2. The summed E-state index contributed by atoms with van der Waals surface area (Å²) in [6.45, 7) is 1.29. The number of carboxylic acids is 1. The Morgan fingerprint density at radius 2 is 0.936 bits per heavy atom. The molecule has 1 saturated heterocycles. The molecule has 5 aromatic rings. The van der Waals surface area contributed by atoms with Crippen LogP contribution in [0.2, 0.25) is 0 Å². The van der Waals surface area contributed by atoms with Crippen molar-refractivity contribution in [3.8, 4) is 11.5 Å². The lowest BCUT2D eigenvalue weighted by molar-refractivity contribution is -0.142. The van der Waals surface area contributed by atoms with Gasteiger partial charge in [0, 0.05) is 43.7 Å². The number of phenolic OH excluding ortho intramolecular Hbond substituents is 2. The minimum absolute atomic E-state index is 0.0338. The lowest BCUT2D eigenvalue weighted by Gasteiger charge is -2.29. The highest BCUT2D eigenvalue weighted by atomic mass is 33.1. The number of carbonyl (C=O) groups is 11. The lowest BCUT2D eigenvalue weighted by atomic mass is 10.0. The van der Waals surface area contributed by atoms with Gasteiger partial charge in [0.1, 0.15) is 59.8 Å². The first-order valence-electron chi connectivity index (χ1n) is 29.9. The van der Waals surface area contributed by atoms with Crippen LogP contribution in [0.25, 0.3) is 0 Å². The summed E-state index contributed by atoms with van der Waals surface area (Å²) in [4.78, 5) is 156. The third-order valence-electron chi connectivity index (χ3n) is 14.8. The molecule has 10 atom stereocenters. The molecule has 1 heterocycles. The number of carboxylic acid groups (broad SMARTS) is 1. The standard InChI is InChI=1S/C64H78N14O14S2/c1-36-55(83)73-46(29-37-12-5-2-6-13-37)60(88)78-52(62(90)77-50(63(91)92)32-41-21-25-43(80)26-22-41)35-94-93-34-51(71-45(54(66)82)28-40-19-23-42(79)24-20-40)61(89)72-44(18-11-27-69-64(67)68)56(84)74-47(30-38-14-7-3-8-15-38)58(86)75-48(31-39-16-9-4-10-17-39)59(87)76-49(33-53(65)81)57(85)70-36/h2-10,12-17,19-26,36,44-52,71,79-80H,11,18,27-35H2,1H3,(H2,65,81)(H2,66,82)(H,70,85)(H,72,89)(H,73,83)(H,74,84)(H,75,86)(H,76,87)(H,77,90)(H,78,88)(H,91,92)(H4,67,68,69)/t36-,44-,45-,46-,47-,48-,49-,50-,51-,52-/m0/s1. The van der Waals surface area contributed by atoms with E-state index in [1.54, 1.807) is 91.0 Å². The number of hydrogen-bond donors (Lipinski definition) is 17. The average Bonchev–Trinajstić information content (AvgIpc) is 1.86. The van der Waals surface area contributed by atoms with Gasteiger partial charge in [-0.3, -0.25) is 58.7 Å². The predicted octanol–water partition coefficient (Wildman–Crippen LogP) is -1.06. The van der Waals surface area contributed by atoms with Gasteiger partial charge in [0.25, 0.3) is 0 Å². The van der Waals surface area contributed by atoms with Gasteiger partial charge in [0.2, 0.25) is 59.1 Å². The number of carbonyl (C=O) groups excluding carboxylic acids is 10. The van der Waals surface area contributed by atoms with Crippen LogP contribution in [0.3, 0.4) is 0 Å². The van der Waals surface area contributed by atoms with Gasteiger partial charge in [-0.05, 0) is 78.3 Å². The quantitative estimate of drug-likeness (QED) is 0.0170. The van der Waals surface area contributed by atoms with Crippen LogP contribution < -0.4 is 70.4 Å². The number of primary amides is 2. The summed E-state index contributed by atoms with van der Waals surface area (Å²) in [7, 11) is 1.86. The fourth-order valence-corrected chi connectivity index (χ4v) is 12.1. The van der Waals surface area contributed by atoms with Gasteiger partial charge in [-0.25, -0.2) is 4.79 Å². The van der Waals surface area contributed by atoms with Gasteiger partial charge in [-0.2, -0.15) is 0 Å². The molecule has 0 radical (unpaired) electrons. The maximum Gasteiger partial charge on any atom is 0.326 e. The van der Waals surface area contributed by atoms with Crippen LogP contribution in [-0.4, -0.2) is 165 Å². The molecule has 0 aromatic heterocycles. The van der Waals surface area contributed by atoms with Gasteiger partial charge < -0.3 is 80.4 Å². The number of hydrogen-bond acceptors (Lipinski definition) is 17. The number of nitrogens with one attached hydrogen (secondary N) is 11. The topological polar surface area (TPSA) is 471 Å². The monoisotopic (exact) mass is 1330 g/mol. The van der Waals surface area contributed by atoms with Gasteiger partial charge in [0.05, 0.1) is 18.5 Å². The second-order valence-corrected chi connectivity index (χ2v) is 24.8. The SMILES string of the molecule is C[C@@H]1NC(=O)[C@H](CC(N)=O)NC(=O)[C@H](Cc2ccccc2)NC(=O)[C@H](Cc2ccccc2)NC(=O)[C@H](CCCNC(=N)N)NC(=O)[C@@H](N[C@@H](Cc2ccc(O)cc2)C(N)=O)CSSC[C@@H](C(=O)N[C@@H](Cc2ccc(O)cc2)C(=O)O)NC(=O)[C@H](Cc2ccccc2)NC1=O. The maximum atomic E-state index is 15.0. The highest BCUT2D eigenvalue weighted by Gasteiger charge is 2.37. The maximum absolute atomic E-state index is 15.0. The third kappa shape index (κ3) is 24.4. The average molecular weight is 1330 g/mol. The highest BCUT2D eigenvalue weighted by molar-refractivity contribution is 8.76. The van der Waals surface area contributed by atoms with Crippen molar-refractivity contribution in [3.05, 3.63) is 167 Å². The Kier molecular flexibility index (Phi) is 28.5. The summed E-state index contributed by atoms with van der Waals surface area (Å²) in [5.41, 5.74) is 19.7. The molecule has 500 valence electrons. The molecule has 0 aliphatic carbocycles. The van der Waals surface area contributed by atoms with Crippen molar-refractivity contribution >= 4 is 92.6 Å². The molecule has 0 spiro atoms. The van der Waals surface area contributed by atoms with Crippen molar-refractivity contribution in [2.45, 2.75) is 119 Å². The van der Waals surface area contributed by atoms with E-state index in [4.69, 9.17) is 22.6 Å². The van der Waals surface area contributed by atoms with E-state index >= 15 is 4.79 Å². The normalized spacial score (nSPS) is 21.4. The van der Waals surface area contributed by atoms with Gasteiger partial charge in [-0.15, -0.1) is 0 Å². The molecule has 0 unspecified atom stereocenters. The molecule has 1 aliphatic rings. The Morgan fingerprint density at radius 3 is 1.39 bits per heavy atom. The molecule has 5 aromatic carbocycles. The van der Waals surface area contributed by atoms with Gasteiger partial charge >= 0.3 is 5.97 Å². The summed E-state index contributed by atoms with van der Waals surface area (Å²) in [5, 5.41) is 64.5. The minimum atomic E-state index is -1.78. The predicted molar refractivity (Wildman–Crippen MR) is 351 cm³/mol. The number of nitrogens with two attached hydrogens (primary N) is 3. The van der Waals surface area contributed by atoms with Crippen LogP contribution in [0.5, 0.6) is 11.5 Å². The van der Waals surface area contributed by atoms with Crippen molar-refractivity contribution in [1.82, 2.24) is 53.2 Å². The van der Waals surface area contributed by atoms with Gasteiger partial charge in [0.15, 0.2) is 5.96 Å². The summed E-state index contributed by atoms with van der Waals surface area (Å²) >= 11 is 0.